The molecule has 3 atom stereocenters. The lowest BCUT2D eigenvalue weighted by Gasteiger charge is -2.34. The van der Waals surface area contributed by atoms with Gasteiger partial charge in [0.05, 0.1) is 0 Å². The average Bonchev–Trinajstić information content (AvgIpc) is 2.43. The topological polar surface area (TPSA) is 38.3 Å². The van der Waals surface area contributed by atoms with E-state index < -0.39 is 0 Å². The summed E-state index contributed by atoms with van der Waals surface area (Å²) in [5.74, 6) is 1.81. The molecule has 2 rings (SSSR count). The minimum Gasteiger partial charge on any atom is -0.484 e. The van der Waals surface area contributed by atoms with Crippen LogP contribution < -0.4 is 10.1 Å². The van der Waals surface area contributed by atoms with Gasteiger partial charge in [0.15, 0.2) is 6.61 Å². The smallest absolute Gasteiger partial charge is 0.258 e. The Morgan fingerprint density at radius 3 is 2.70 bits per heavy atom. The zero-order valence-corrected chi connectivity index (χ0v) is 12.8. The van der Waals surface area contributed by atoms with E-state index in [0.29, 0.717) is 22.6 Å². The van der Waals surface area contributed by atoms with E-state index in [0.717, 1.165) is 6.42 Å². The number of carbonyl (C=O) groups is 1. The zero-order valence-electron chi connectivity index (χ0n) is 12.1. The third-order valence-electron chi connectivity index (χ3n) is 4.24. The second-order valence-corrected chi connectivity index (χ2v) is 6.12. The molecular formula is C16H22ClNO2. The van der Waals surface area contributed by atoms with Gasteiger partial charge in [-0.1, -0.05) is 38.3 Å². The molecular weight excluding hydrogens is 274 g/mol. The molecule has 1 aliphatic carbocycles. The molecule has 0 aromatic heterocycles. The van der Waals surface area contributed by atoms with Gasteiger partial charge in [0.2, 0.25) is 0 Å². The van der Waals surface area contributed by atoms with Crippen molar-refractivity contribution in [2.45, 2.75) is 39.2 Å². The van der Waals surface area contributed by atoms with Crippen LogP contribution in [0.1, 0.15) is 33.1 Å². The Labute approximate surface area is 125 Å². The zero-order chi connectivity index (χ0) is 14.5. The molecule has 20 heavy (non-hydrogen) atoms. The quantitative estimate of drug-likeness (QED) is 0.920. The van der Waals surface area contributed by atoms with Gasteiger partial charge < -0.3 is 10.1 Å². The maximum atomic E-state index is 11.9. The number of hydrogen-bond acceptors (Lipinski definition) is 2. The Balaban J connectivity index is 1.79. The van der Waals surface area contributed by atoms with E-state index in [1.807, 2.05) is 0 Å². The fourth-order valence-electron chi connectivity index (χ4n) is 2.71. The van der Waals surface area contributed by atoms with E-state index in [2.05, 4.69) is 19.2 Å². The Kier molecular flexibility index (Phi) is 5.30. The largest absolute Gasteiger partial charge is 0.484 e. The number of carbonyl (C=O) groups excluding carboxylic acids is 1. The Morgan fingerprint density at radius 1 is 1.30 bits per heavy atom. The van der Waals surface area contributed by atoms with Gasteiger partial charge in [-0.15, -0.1) is 0 Å². The summed E-state index contributed by atoms with van der Waals surface area (Å²) in [5.41, 5.74) is 0. The van der Waals surface area contributed by atoms with Gasteiger partial charge >= 0.3 is 0 Å². The minimum atomic E-state index is -0.0501. The summed E-state index contributed by atoms with van der Waals surface area (Å²) in [5, 5.41) is 3.75. The van der Waals surface area contributed by atoms with Crippen molar-refractivity contribution < 1.29 is 9.53 Å². The molecule has 1 amide bonds. The Morgan fingerprint density at radius 2 is 2.00 bits per heavy atom. The van der Waals surface area contributed by atoms with Crippen molar-refractivity contribution in [1.82, 2.24) is 5.32 Å². The molecule has 110 valence electrons. The molecule has 1 saturated carbocycles. The number of benzene rings is 1. The van der Waals surface area contributed by atoms with E-state index in [1.165, 1.54) is 12.8 Å². The van der Waals surface area contributed by atoms with Gasteiger partial charge in [0.1, 0.15) is 5.75 Å². The predicted octanol–water partition coefficient (Wildman–Crippen LogP) is 3.66. The highest BCUT2D eigenvalue weighted by molar-refractivity contribution is 6.30. The summed E-state index contributed by atoms with van der Waals surface area (Å²) in [4.78, 5) is 11.9. The number of amides is 1. The number of nitrogens with one attached hydrogen (secondary N) is 1. The van der Waals surface area contributed by atoms with Crippen LogP contribution in [0.4, 0.5) is 0 Å². The second kappa shape index (κ2) is 6.98. The molecule has 1 aromatic carbocycles. The van der Waals surface area contributed by atoms with Gasteiger partial charge in [-0.3, -0.25) is 4.79 Å². The lowest BCUT2D eigenvalue weighted by Crippen LogP contribution is -2.45. The molecule has 1 aliphatic rings. The summed E-state index contributed by atoms with van der Waals surface area (Å²) in [6.07, 6.45) is 3.52. The molecule has 0 unspecified atom stereocenters. The molecule has 0 aliphatic heterocycles. The highest BCUT2D eigenvalue weighted by atomic mass is 35.5. The molecule has 0 saturated heterocycles. The van der Waals surface area contributed by atoms with E-state index in [9.17, 15) is 4.79 Å². The van der Waals surface area contributed by atoms with Crippen molar-refractivity contribution in [3.05, 3.63) is 29.3 Å². The van der Waals surface area contributed by atoms with Crippen LogP contribution in [-0.2, 0) is 4.79 Å². The van der Waals surface area contributed by atoms with Crippen LogP contribution in [0.25, 0.3) is 0 Å². The summed E-state index contributed by atoms with van der Waals surface area (Å²) in [6.45, 7) is 4.53. The first kappa shape index (κ1) is 15.2. The molecule has 3 nitrogen and oxygen atoms in total. The van der Waals surface area contributed by atoms with Gasteiger partial charge in [-0.2, -0.15) is 0 Å². The summed E-state index contributed by atoms with van der Waals surface area (Å²) in [7, 11) is 0. The molecule has 0 spiro atoms. The Hall–Kier alpha value is -1.22. The average molecular weight is 296 g/mol. The van der Waals surface area contributed by atoms with E-state index in [1.54, 1.807) is 24.3 Å². The van der Waals surface area contributed by atoms with Crippen molar-refractivity contribution >= 4 is 17.5 Å². The minimum absolute atomic E-state index is 0.0501. The second-order valence-electron chi connectivity index (χ2n) is 5.68. The molecule has 1 aromatic rings. The SMILES string of the molecule is C[C@@H]1[C@H](C)CCC[C@@H]1NC(=O)COc1ccc(Cl)cc1. The number of hydrogen-bond donors (Lipinski definition) is 1. The third kappa shape index (κ3) is 4.14. The van der Waals surface area contributed by atoms with E-state index in [-0.39, 0.29) is 18.6 Å². The standard InChI is InChI=1S/C16H22ClNO2/c1-11-4-3-5-15(12(11)2)18-16(19)10-20-14-8-6-13(17)7-9-14/h6-9,11-12,15H,3-5,10H2,1-2H3,(H,18,19)/t11-,12-,15+/m1/s1. The third-order valence-corrected chi connectivity index (χ3v) is 4.49. The summed E-state index contributed by atoms with van der Waals surface area (Å²) in [6, 6.07) is 7.31. The van der Waals surface area contributed by atoms with E-state index in [4.69, 9.17) is 16.3 Å². The molecule has 1 fully saturated rings. The first-order valence-corrected chi connectivity index (χ1v) is 7.62. The predicted molar refractivity (Wildman–Crippen MR) is 81.1 cm³/mol. The lowest BCUT2D eigenvalue weighted by molar-refractivity contribution is -0.124. The fraction of sp³-hybridized carbons (Fsp3) is 0.562. The first-order chi connectivity index (χ1) is 9.56. The van der Waals surface area contributed by atoms with Crippen molar-refractivity contribution in [3.8, 4) is 5.75 Å². The van der Waals surface area contributed by atoms with Crippen molar-refractivity contribution in [2.24, 2.45) is 11.8 Å². The maximum absolute atomic E-state index is 11.9. The highest BCUT2D eigenvalue weighted by Gasteiger charge is 2.28. The molecule has 4 heteroatoms. The fourth-order valence-corrected chi connectivity index (χ4v) is 2.84. The first-order valence-electron chi connectivity index (χ1n) is 7.24. The van der Waals surface area contributed by atoms with Crippen LogP contribution in [0.5, 0.6) is 5.75 Å². The van der Waals surface area contributed by atoms with Gasteiger partial charge in [-0.05, 0) is 42.5 Å². The van der Waals surface area contributed by atoms with Crippen molar-refractivity contribution in [1.29, 1.82) is 0 Å². The molecule has 1 N–H and O–H groups in total. The summed E-state index contributed by atoms with van der Waals surface area (Å²) < 4.78 is 5.46. The molecule has 0 radical (unpaired) electrons. The monoisotopic (exact) mass is 295 g/mol. The van der Waals surface area contributed by atoms with E-state index >= 15 is 0 Å². The van der Waals surface area contributed by atoms with Gasteiger partial charge in [0, 0.05) is 11.1 Å². The molecule has 0 bridgehead atoms. The van der Waals surface area contributed by atoms with Crippen LogP contribution in [0.3, 0.4) is 0 Å². The van der Waals surface area contributed by atoms with Gasteiger partial charge in [-0.25, -0.2) is 0 Å². The normalized spacial score (nSPS) is 26.1. The number of ether oxygens (including phenoxy) is 1. The van der Waals surface area contributed by atoms with Gasteiger partial charge in [0.25, 0.3) is 5.91 Å². The Bertz CT molecular complexity index is 446. The number of rotatable bonds is 4. The van der Waals surface area contributed by atoms with Crippen LogP contribution in [-0.4, -0.2) is 18.6 Å². The van der Waals surface area contributed by atoms with Crippen LogP contribution in [0, 0.1) is 11.8 Å². The van der Waals surface area contributed by atoms with Crippen LogP contribution >= 0.6 is 11.6 Å². The maximum Gasteiger partial charge on any atom is 0.258 e. The lowest BCUT2D eigenvalue weighted by atomic mass is 9.78. The van der Waals surface area contributed by atoms with Crippen LogP contribution in [0.2, 0.25) is 5.02 Å². The number of halogens is 1. The van der Waals surface area contributed by atoms with Crippen LogP contribution in [0.15, 0.2) is 24.3 Å². The van der Waals surface area contributed by atoms with Crippen molar-refractivity contribution in [3.63, 3.8) is 0 Å². The highest BCUT2D eigenvalue weighted by Crippen LogP contribution is 2.29. The summed E-state index contributed by atoms with van der Waals surface area (Å²) >= 11 is 5.80. The van der Waals surface area contributed by atoms with Crippen molar-refractivity contribution in [2.75, 3.05) is 6.61 Å². The molecule has 0 heterocycles.